The fourth-order valence-electron chi connectivity index (χ4n) is 2.75. The molecule has 30 heavy (non-hydrogen) atoms. The summed E-state index contributed by atoms with van der Waals surface area (Å²) in [6.45, 7) is 1.88. The van der Waals surface area contributed by atoms with E-state index in [-0.39, 0.29) is 26.0 Å². The van der Waals surface area contributed by atoms with Gasteiger partial charge in [-0.05, 0) is 12.5 Å². The molecule has 0 spiro atoms. The third kappa shape index (κ3) is 5.75. The highest BCUT2D eigenvalue weighted by Crippen LogP contribution is 2.36. The molecule has 6 nitrogen and oxygen atoms in total. The number of aromatic nitrogens is 1. The fourth-order valence-corrected chi connectivity index (χ4v) is 3.84. The van der Waals surface area contributed by atoms with Gasteiger partial charge in [0.15, 0.2) is 6.61 Å². The van der Waals surface area contributed by atoms with E-state index in [1.807, 2.05) is 67.6 Å². The minimum absolute atomic E-state index is 0.0297. The number of ether oxygens (including phenoxy) is 1. The molecule has 0 radical (unpaired) electrons. The van der Waals surface area contributed by atoms with Crippen LogP contribution in [-0.4, -0.2) is 30.0 Å². The van der Waals surface area contributed by atoms with Gasteiger partial charge < -0.3 is 10.1 Å². The molecule has 0 bridgehead atoms. The van der Waals surface area contributed by atoms with Crippen LogP contribution in [-0.2, 0) is 20.7 Å². The molecule has 3 rings (SSSR count). The number of nitrogens with zero attached hydrogens (tertiary/aromatic N) is 2. The lowest BCUT2D eigenvalue weighted by atomic mass is 10.1. The Kier molecular flexibility index (Phi) is 7.30. The molecular formula is C23H21N3O3S. The first-order valence-electron chi connectivity index (χ1n) is 9.48. The first-order chi connectivity index (χ1) is 14.6. The van der Waals surface area contributed by atoms with E-state index in [2.05, 4.69) is 10.3 Å². The number of rotatable bonds is 8. The average molecular weight is 420 g/mol. The van der Waals surface area contributed by atoms with Crippen molar-refractivity contribution in [3.05, 3.63) is 65.9 Å². The maximum absolute atomic E-state index is 12.3. The summed E-state index contributed by atoms with van der Waals surface area (Å²) in [6.07, 6.45) is 0.179. The van der Waals surface area contributed by atoms with Gasteiger partial charge in [0.25, 0.3) is 5.91 Å². The summed E-state index contributed by atoms with van der Waals surface area (Å²) in [5.41, 5.74) is 3.73. The van der Waals surface area contributed by atoms with Gasteiger partial charge in [0.1, 0.15) is 5.01 Å². The van der Waals surface area contributed by atoms with Crippen molar-refractivity contribution >= 4 is 23.2 Å². The second-order valence-electron chi connectivity index (χ2n) is 6.62. The molecule has 0 unspecified atom stereocenters. The molecule has 0 fully saturated rings. The lowest BCUT2D eigenvalue weighted by molar-refractivity contribution is -0.147. The monoisotopic (exact) mass is 419 g/mol. The number of thiazole rings is 1. The Morgan fingerprint density at radius 2 is 1.83 bits per heavy atom. The number of carbonyl (C=O) groups excluding carboxylic acids is 2. The van der Waals surface area contributed by atoms with Crippen molar-refractivity contribution in [2.45, 2.75) is 19.8 Å². The Bertz CT molecular complexity index is 1050. The predicted octanol–water partition coefficient (Wildman–Crippen LogP) is 3.90. The molecule has 1 aromatic heterocycles. The third-order valence-electron chi connectivity index (χ3n) is 4.27. The van der Waals surface area contributed by atoms with Gasteiger partial charge >= 0.3 is 5.97 Å². The van der Waals surface area contributed by atoms with Gasteiger partial charge in [-0.25, -0.2) is 4.98 Å². The minimum Gasteiger partial charge on any atom is -0.455 e. The second-order valence-corrected chi connectivity index (χ2v) is 7.62. The number of hydrogen-bond donors (Lipinski definition) is 1. The van der Waals surface area contributed by atoms with Crippen LogP contribution in [0.1, 0.15) is 17.7 Å². The van der Waals surface area contributed by atoms with Crippen LogP contribution in [0.15, 0.2) is 54.6 Å². The summed E-state index contributed by atoms with van der Waals surface area (Å²) in [6, 6.07) is 19.8. The zero-order valence-electron chi connectivity index (χ0n) is 16.6. The van der Waals surface area contributed by atoms with Crippen LogP contribution in [0.2, 0.25) is 0 Å². The Morgan fingerprint density at radius 1 is 1.10 bits per heavy atom. The molecule has 0 aliphatic heterocycles. The van der Waals surface area contributed by atoms with Crippen LogP contribution >= 0.6 is 11.3 Å². The van der Waals surface area contributed by atoms with Gasteiger partial charge in [-0.2, -0.15) is 5.26 Å². The van der Waals surface area contributed by atoms with Crippen molar-refractivity contribution in [1.82, 2.24) is 10.3 Å². The zero-order chi connectivity index (χ0) is 21.3. The molecule has 152 valence electrons. The fraction of sp³-hybridized carbons (Fsp3) is 0.217. The Labute approximate surface area is 179 Å². The highest BCUT2D eigenvalue weighted by atomic mass is 32.1. The van der Waals surface area contributed by atoms with Crippen molar-refractivity contribution in [2.24, 2.45) is 0 Å². The van der Waals surface area contributed by atoms with Crippen LogP contribution in [0.25, 0.3) is 21.0 Å². The second kappa shape index (κ2) is 10.3. The largest absolute Gasteiger partial charge is 0.455 e. The summed E-state index contributed by atoms with van der Waals surface area (Å²) in [5, 5.41) is 11.8. The number of hydrogen-bond acceptors (Lipinski definition) is 6. The Hall–Kier alpha value is -3.50. The molecule has 0 atom stereocenters. The minimum atomic E-state index is -0.524. The van der Waals surface area contributed by atoms with E-state index in [0.717, 1.165) is 26.6 Å². The van der Waals surface area contributed by atoms with E-state index >= 15 is 0 Å². The molecule has 0 saturated carbocycles. The van der Waals surface area contributed by atoms with Gasteiger partial charge in [0, 0.05) is 12.1 Å². The summed E-state index contributed by atoms with van der Waals surface area (Å²) in [4.78, 5) is 29.6. The Balaban J connectivity index is 1.76. The molecule has 3 aromatic rings. The van der Waals surface area contributed by atoms with Gasteiger partial charge in [-0.1, -0.05) is 60.2 Å². The van der Waals surface area contributed by atoms with E-state index in [9.17, 15) is 9.59 Å². The van der Waals surface area contributed by atoms with Gasteiger partial charge in [-0.3, -0.25) is 9.59 Å². The Morgan fingerprint density at radius 3 is 2.53 bits per heavy atom. The summed E-state index contributed by atoms with van der Waals surface area (Å²) >= 11 is 1.52. The van der Waals surface area contributed by atoms with Crippen molar-refractivity contribution in [3.8, 4) is 27.1 Å². The molecule has 0 aliphatic carbocycles. The van der Waals surface area contributed by atoms with Gasteiger partial charge in [-0.15, -0.1) is 11.3 Å². The SMILES string of the molecule is Cc1ccc(-c2sc(-c3ccccc3)nc2CC(=O)OCC(=O)NCCC#N)cc1. The van der Waals surface area contributed by atoms with Crippen LogP contribution in [0, 0.1) is 18.3 Å². The lowest BCUT2D eigenvalue weighted by Gasteiger charge is -2.06. The zero-order valence-corrected chi connectivity index (χ0v) is 17.4. The molecule has 2 aromatic carbocycles. The quantitative estimate of drug-likeness (QED) is 0.442. The molecule has 1 heterocycles. The van der Waals surface area contributed by atoms with Crippen molar-refractivity contribution in [2.75, 3.05) is 13.2 Å². The van der Waals surface area contributed by atoms with E-state index in [1.54, 1.807) is 0 Å². The summed E-state index contributed by atoms with van der Waals surface area (Å²) in [5.74, 6) is -0.954. The number of aryl methyl sites for hydroxylation is 1. The molecule has 0 saturated heterocycles. The third-order valence-corrected chi connectivity index (χ3v) is 5.46. The predicted molar refractivity (Wildman–Crippen MR) is 116 cm³/mol. The molecule has 7 heteroatoms. The number of amides is 1. The van der Waals surface area contributed by atoms with Crippen molar-refractivity contribution in [3.63, 3.8) is 0 Å². The highest BCUT2D eigenvalue weighted by molar-refractivity contribution is 7.18. The number of nitrogens with one attached hydrogen (secondary N) is 1. The standard InChI is InChI=1S/C23H21N3O3S/c1-16-8-10-17(11-9-16)22-19(26-23(30-22)18-6-3-2-4-7-18)14-21(28)29-15-20(27)25-13-5-12-24/h2-4,6-11H,5,13-15H2,1H3,(H,25,27). The average Bonchev–Trinajstić information content (AvgIpc) is 3.17. The van der Waals surface area contributed by atoms with Crippen LogP contribution < -0.4 is 5.32 Å². The number of esters is 1. The molecule has 1 N–H and O–H groups in total. The molecule has 0 aliphatic rings. The molecule has 1 amide bonds. The van der Waals surface area contributed by atoms with Gasteiger partial charge in [0.2, 0.25) is 0 Å². The van der Waals surface area contributed by atoms with Crippen LogP contribution in [0.4, 0.5) is 0 Å². The topological polar surface area (TPSA) is 92.1 Å². The van der Waals surface area contributed by atoms with E-state index < -0.39 is 11.9 Å². The molecular weight excluding hydrogens is 398 g/mol. The van der Waals surface area contributed by atoms with E-state index in [4.69, 9.17) is 10.00 Å². The smallest absolute Gasteiger partial charge is 0.312 e. The maximum Gasteiger partial charge on any atom is 0.312 e. The van der Waals surface area contributed by atoms with Gasteiger partial charge in [0.05, 0.1) is 29.5 Å². The van der Waals surface area contributed by atoms with E-state index in [1.165, 1.54) is 11.3 Å². The van der Waals surface area contributed by atoms with E-state index in [0.29, 0.717) is 5.69 Å². The number of benzene rings is 2. The lowest BCUT2D eigenvalue weighted by Crippen LogP contribution is -2.29. The van der Waals surface area contributed by atoms with Crippen LogP contribution in [0.3, 0.4) is 0 Å². The van der Waals surface area contributed by atoms with Crippen molar-refractivity contribution < 1.29 is 14.3 Å². The summed E-state index contributed by atoms with van der Waals surface area (Å²) < 4.78 is 5.09. The first kappa shape index (κ1) is 21.2. The number of nitriles is 1. The van der Waals surface area contributed by atoms with Crippen LogP contribution in [0.5, 0.6) is 0 Å². The summed E-state index contributed by atoms with van der Waals surface area (Å²) in [7, 11) is 0. The van der Waals surface area contributed by atoms with Crippen molar-refractivity contribution in [1.29, 1.82) is 5.26 Å². The normalized spacial score (nSPS) is 10.3. The number of carbonyl (C=O) groups is 2. The highest BCUT2D eigenvalue weighted by Gasteiger charge is 2.18. The maximum atomic E-state index is 12.3. The first-order valence-corrected chi connectivity index (χ1v) is 10.3.